The van der Waals surface area contributed by atoms with E-state index in [1.165, 1.54) is 10.6 Å². The van der Waals surface area contributed by atoms with E-state index in [0.717, 1.165) is 5.56 Å². The molecule has 0 aliphatic rings. The molecule has 0 saturated heterocycles. The molecule has 0 atom stereocenters. The van der Waals surface area contributed by atoms with E-state index in [4.69, 9.17) is 10.9 Å². The zero-order valence-corrected chi connectivity index (χ0v) is 9.52. The first-order chi connectivity index (χ1) is 8.72. The summed E-state index contributed by atoms with van der Waals surface area (Å²) in [7, 11) is 0. The Morgan fingerprint density at radius 3 is 2.78 bits per heavy atom. The third-order valence-electron chi connectivity index (χ3n) is 2.51. The van der Waals surface area contributed by atoms with Crippen molar-refractivity contribution in [3.8, 4) is 0 Å². The van der Waals surface area contributed by atoms with Crippen molar-refractivity contribution in [1.29, 1.82) is 0 Å². The second-order valence-electron chi connectivity index (χ2n) is 3.70. The molecular weight excluding hydrogens is 232 g/mol. The summed E-state index contributed by atoms with van der Waals surface area (Å²) in [6, 6.07) is 6.83. The largest absolute Gasteiger partial charge is 0.409 e. The van der Waals surface area contributed by atoms with Gasteiger partial charge in [0.2, 0.25) is 0 Å². The van der Waals surface area contributed by atoms with E-state index >= 15 is 0 Å². The fourth-order valence-electron chi connectivity index (χ4n) is 1.60. The molecule has 0 aliphatic carbocycles. The van der Waals surface area contributed by atoms with Crippen LogP contribution in [-0.2, 0) is 6.54 Å². The van der Waals surface area contributed by atoms with Gasteiger partial charge in [0, 0.05) is 18.6 Å². The maximum Gasteiger partial charge on any atom is 0.261 e. The summed E-state index contributed by atoms with van der Waals surface area (Å²) in [5.41, 5.74) is 6.26. The molecule has 2 heterocycles. The standard InChI is InChI=1S/C12H12N4O2/c13-11(15-18)10-2-1-7-16(12(10)17)8-9-3-5-14-6-4-9/h1-7,18H,8H2,(H2,13,15). The van der Waals surface area contributed by atoms with Gasteiger partial charge in [0.1, 0.15) is 0 Å². The van der Waals surface area contributed by atoms with Crippen molar-refractivity contribution >= 4 is 5.84 Å². The van der Waals surface area contributed by atoms with Crippen molar-refractivity contribution in [2.45, 2.75) is 6.54 Å². The lowest BCUT2D eigenvalue weighted by Gasteiger charge is -2.07. The molecular formula is C12H12N4O2. The summed E-state index contributed by atoms with van der Waals surface area (Å²) < 4.78 is 1.49. The average Bonchev–Trinajstić information content (AvgIpc) is 2.41. The highest BCUT2D eigenvalue weighted by Crippen LogP contribution is 2.00. The Hall–Kier alpha value is -2.63. The van der Waals surface area contributed by atoms with E-state index in [-0.39, 0.29) is 17.0 Å². The van der Waals surface area contributed by atoms with Gasteiger partial charge >= 0.3 is 0 Å². The first-order valence-corrected chi connectivity index (χ1v) is 5.28. The molecule has 92 valence electrons. The van der Waals surface area contributed by atoms with Crippen LogP contribution >= 0.6 is 0 Å². The monoisotopic (exact) mass is 244 g/mol. The lowest BCUT2D eigenvalue weighted by molar-refractivity contribution is 0.318. The Balaban J connectivity index is 2.39. The number of nitrogens with two attached hydrogens (primary N) is 1. The van der Waals surface area contributed by atoms with E-state index in [1.807, 2.05) is 12.1 Å². The molecule has 0 amide bonds. The van der Waals surface area contributed by atoms with Gasteiger partial charge in [0.15, 0.2) is 5.84 Å². The van der Waals surface area contributed by atoms with Gasteiger partial charge < -0.3 is 15.5 Å². The topological polar surface area (TPSA) is 93.5 Å². The van der Waals surface area contributed by atoms with Crippen LogP contribution in [0.1, 0.15) is 11.1 Å². The summed E-state index contributed by atoms with van der Waals surface area (Å²) in [5, 5.41) is 11.4. The van der Waals surface area contributed by atoms with Gasteiger partial charge in [0.05, 0.1) is 12.1 Å². The third kappa shape index (κ3) is 2.37. The van der Waals surface area contributed by atoms with E-state index in [9.17, 15) is 4.79 Å². The maximum atomic E-state index is 12.0. The van der Waals surface area contributed by atoms with Gasteiger partial charge in [-0.3, -0.25) is 9.78 Å². The predicted octanol–water partition coefficient (Wildman–Crippen LogP) is 0.386. The van der Waals surface area contributed by atoms with E-state index in [1.54, 1.807) is 24.7 Å². The molecule has 2 aromatic rings. The summed E-state index contributed by atoms with van der Waals surface area (Å²) >= 11 is 0. The third-order valence-corrected chi connectivity index (χ3v) is 2.51. The highest BCUT2D eigenvalue weighted by Gasteiger charge is 2.07. The Morgan fingerprint density at radius 2 is 2.11 bits per heavy atom. The Labute approximate surface area is 103 Å². The summed E-state index contributed by atoms with van der Waals surface area (Å²) in [4.78, 5) is 16.0. The lowest BCUT2D eigenvalue weighted by atomic mass is 10.2. The molecule has 0 saturated carbocycles. The molecule has 0 unspecified atom stereocenters. The molecule has 3 N–H and O–H groups in total. The second-order valence-corrected chi connectivity index (χ2v) is 3.70. The molecule has 0 aromatic carbocycles. The van der Waals surface area contributed by atoms with Crippen molar-refractivity contribution in [3.63, 3.8) is 0 Å². The van der Waals surface area contributed by atoms with Crippen LogP contribution in [0.4, 0.5) is 0 Å². The first kappa shape index (κ1) is 11.8. The van der Waals surface area contributed by atoms with Gasteiger partial charge in [-0.05, 0) is 29.8 Å². The Bertz CT molecular complexity index is 619. The normalized spacial score (nSPS) is 11.4. The smallest absolute Gasteiger partial charge is 0.261 e. The van der Waals surface area contributed by atoms with E-state index in [0.29, 0.717) is 6.54 Å². The molecule has 0 bridgehead atoms. The number of amidine groups is 1. The van der Waals surface area contributed by atoms with Crippen LogP contribution in [0.5, 0.6) is 0 Å². The molecule has 0 spiro atoms. The van der Waals surface area contributed by atoms with Gasteiger partial charge in [0.25, 0.3) is 5.56 Å². The number of oxime groups is 1. The Morgan fingerprint density at radius 1 is 1.39 bits per heavy atom. The summed E-state index contributed by atoms with van der Waals surface area (Å²) in [6.45, 7) is 0.411. The van der Waals surface area contributed by atoms with Crippen molar-refractivity contribution in [2.75, 3.05) is 0 Å². The van der Waals surface area contributed by atoms with Crippen LogP contribution < -0.4 is 11.3 Å². The molecule has 18 heavy (non-hydrogen) atoms. The molecule has 0 aliphatic heterocycles. The van der Waals surface area contributed by atoms with E-state index < -0.39 is 0 Å². The average molecular weight is 244 g/mol. The van der Waals surface area contributed by atoms with Gasteiger partial charge in [-0.25, -0.2) is 0 Å². The van der Waals surface area contributed by atoms with Crippen LogP contribution in [0.15, 0.2) is 52.8 Å². The zero-order chi connectivity index (χ0) is 13.0. The Kier molecular flexibility index (Phi) is 3.38. The minimum Gasteiger partial charge on any atom is -0.409 e. The van der Waals surface area contributed by atoms with Crippen molar-refractivity contribution < 1.29 is 5.21 Å². The first-order valence-electron chi connectivity index (χ1n) is 5.28. The van der Waals surface area contributed by atoms with Crippen LogP contribution in [-0.4, -0.2) is 20.6 Å². The molecule has 2 rings (SSSR count). The van der Waals surface area contributed by atoms with Crippen molar-refractivity contribution in [3.05, 3.63) is 64.3 Å². The van der Waals surface area contributed by atoms with Gasteiger partial charge in [-0.15, -0.1) is 0 Å². The lowest BCUT2D eigenvalue weighted by Crippen LogP contribution is -2.29. The number of hydrogen-bond acceptors (Lipinski definition) is 4. The van der Waals surface area contributed by atoms with Crippen molar-refractivity contribution in [2.24, 2.45) is 10.9 Å². The fourth-order valence-corrected chi connectivity index (χ4v) is 1.60. The van der Waals surface area contributed by atoms with Crippen LogP contribution in [0.25, 0.3) is 0 Å². The number of hydrogen-bond donors (Lipinski definition) is 2. The SMILES string of the molecule is N/C(=N/O)c1cccn(Cc2ccncc2)c1=O. The molecule has 2 aromatic heterocycles. The minimum atomic E-state index is -0.301. The fraction of sp³-hybridized carbons (Fsp3) is 0.0833. The number of aromatic nitrogens is 2. The zero-order valence-electron chi connectivity index (χ0n) is 9.52. The highest BCUT2D eigenvalue weighted by atomic mass is 16.4. The van der Waals surface area contributed by atoms with Gasteiger partial charge in [-0.2, -0.15) is 0 Å². The van der Waals surface area contributed by atoms with Crippen LogP contribution in [0, 0.1) is 0 Å². The highest BCUT2D eigenvalue weighted by molar-refractivity contribution is 5.96. The quantitative estimate of drug-likeness (QED) is 0.353. The molecule has 0 fully saturated rings. The van der Waals surface area contributed by atoms with E-state index in [2.05, 4.69) is 10.1 Å². The molecule has 6 nitrogen and oxygen atoms in total. The predicted molar refractivity (Wildman–Crippen MR) is 66.6 cm³/mol. The molecule has 6 heteroatoms. The maximum absolute atomic E-state index is 12.0. The van der Waals surface area contributed by atoms with Gasteiger partial charge in [-0.1, -0.05) is 5.16 Å². The minimum absolute atomic E-state index is 0.175. The number of nitrogens with zero attached hydrogens (tertiary/aromatic N) is 3. The molecule has 0 radical (unpaired) electrons. The van der Waals surface area contributed by atoms with Crippen molar-refractivity contribution in [1.82, 2.24) is 9.55 Å². The number of rotatable bonds is 3. The second kappa shape index (κ2) is 5.13. The number of pyridine rings is 2. The van der Waals surface area contributed by atoms with Crippen LogP contribution in [0.3, 0.4) is 0 Å². The van der Waals surface area contributed by atoms with Crippen LogP contribution in [0.2, 0.25) is 0 Å². The summed E-state index contributed by atoms with van der Waals surface area (Å²) in [6.07, 6.45) is 4.97. The summed E-state index contributed by atoms with van der Waals surface area (Å²) in [5.74, 6) is -0.191.